The Kier molecular flexibility index (Phi) is 3.89. The quantitative estimate of drug-likeness (QED) is 0.770. The van der Waals surface area contributed by atoms with E-state index in [2.05, 4.69) is 16.4 Å². The molecule has 27 heavy (non-hydrogen) atoms. The summed E-state index contributed by atoms with van der Waals surface area (Å²) < 4.78 is 7.40. The van der Waals surface area contributed by atoms with Crippen molar-refractivity contribution in [2.45, 2.75) is 38.0 Å². The molecular formula is C20H21N5O2. The molecule has 0 radical (unpaired) electrons. The first-order valence-corrected chi connectivity index (χ1v) is 9.40. The second-order valence-electron chi connectivity index (χ2n) is 7.32. The summed E-state index contributed by atoms with van der Waals surface area (Å²) in [5.74, 6) is 2.01. The molecule has 1 saturated carbocycles. The minimum Gasteiger partial charge on any atom is -0.381 e. The molecule has 0 bridgehead atoms. The van der Waals surface area contributed by atoms with Crippen LogP contribution in [0.1, 0.15) is 49.4 Å². The molecule has 5 rings (SSSR count). The molecule has 1 amide bonds. The number of ether oxygens (including phenoxy) is 1. The number of hydrogen-bond donors (Lipinski definition) is 1. The number of amides is 1. The Morgan fingerprint density at radius 3 is 2.89 bits per heavy atom. The first kappa shape index (κ1) is 16.4. The number of aromatic nitrogens is 4. The van der Waals surface area contributed by atoms with E-state index in [4.69, 9.17) is 14.8 Å². The standard InChI is InChI=1S/C20H21N5O2/c1-12(26)22-18-9-17-15(10-21-18)20(13-5-6-13)24-25(17)19-4-2-3-16(23-19)14-7-8-27-11-14/h2-4,9-10,13-14H,5-8,11H2,1H3,(H,21,22,26). The van der Waals surface area contributed by atoms with Gasteiger partial charge in [-0.3, -0.25) is 4.79 Å². The Morgan fingerprint density at radius 1 is 1.26 bits per heavy atom. The van der Waals surface area contributed by atoms with E-state index in [0.29, 0.717) is 17.7 Å². The highest BCUT2D eigenvalue weighted by Gasteiger charge is 2.30. The van der Waals surface area contributed by atoms with Crippen LogP contribution in [0.4, 0.5) is 5.82 Å². The molecule has 138 valence electrons. The van der Waals surface area contributed by atoms with Gasteiger partial charge in [0.2, 0.25) is 5.91 Å². The molecule has 1 atom stereocenters. The third-order valence-electron chi connectivity index (χ3n) is 5.18. The molecule has 2 fully saturated rings. The Balaban J connectivity index is 1.63. The van der Waals surface area contributed by atoms with Crippen LogP contribution < -0.4 is 5.32 Å². The van der Waals surface area contributed by atoms with Crippen molar-refractivity contribution in [1.29, 1.82) is 0 Å². The second kappa shape index (κ2) is 6.42. The number of hydrogen-bond acceptors (Lipinski definition) is 5. The van der Waals surface area contributed by atoms with E-state index in [-0.39, 0.29) is 5.91 Å². The van der Waals surface area contributed by atoms with Crippen molar-refractivity contribution in [2.24, 2.45) is 0 Å². The number of carbonyl (C=O) groups is 1. The highest BCUT2D eigenvalue weighted by atomic mass is 16.5. The van der Waals surface area contributed by atoms with Crippen molar-refractivity contribution in [3.8, 4) is 5.82 Å². The van der Waals surface area contributed by atoms with Gasteiger partial charge < -0.3 is 10.1 Å². The molecule has 0 spiro atoms. The van der Waals surface area contributed by atoms with E-state index in [9.17, 15) is 4.79 Å². The summed E-state index contributed by atoms with van der Waals surface area (Å²) in [6.45, 7) is 2.99. The normalized spacial score (nSPS) is 19.5. The van der Waals surface area contributed by atoms with Gasteiger partial charge in [-0.2, -0.15) is 5.10 Å². The van der Waals surface area contributed by atoms with Gasteiger partial charge in [-0.15, -0.1) is 0 Å². The lowest BCUT2D eigenvalue weighted by Gasteiger charge is -2.10. The summed E-state index contributed by atoms with van der Waals surface area (Å²) in [6.07, 6.45) is 5.13. The van der Waals surface area contributed by atoms with Crippen molar-refractivity contribution >= 4 is 22.6 Å². The van der Waals surface area contributed by atoms with Gasteiger partial charge in [-0.1, -0.05) is 6.07 Å². The monoisotopic (exact) mass is 363 g/mol. The van der Waals surface area contributed by atoms with Crippen LogP contribution in [0.25, 0.3) is 16.7 Å². The van der Waals surface area contributed by atoms with Crippen LogP contribution >= 0.6 is 0 Å². The maximum atomic E-state index is 11.4. The smallest absolute Gasteiger partial charge is 0.222 e. The van der Waals surface area contributed by atoms with Gasteiger partial charge in [-0.05, 0) is 31.4 Å². The lowest BCUT2D eigenvalue weighted by atomic mass is 10.0. The Labute approximate surface area is 156 Å². The molecule has 0 aromatic carbocycles. The van der Waals surface area contributed by atoms with Crippen LogP contribution in [0.2, 0.25) is 0 Å². The van der Waals surface area contributed by atoms with Crippen molar-refractivity contribution in [1.82, 2.24) is 19.7 Å². The predicted octanol–water partition coefficient (Wildman–Crippen LogP) is 3.16. The maximum absolute atomic E-state index is 11.4. The first-order valence-electron chi connectivity index (χ1n) is 9.40. The van der Waals surface area contributed by atoms with Crippen LogP contribution in [0.5, 0.6) is 0 Å². The van der Waals surface area contributed by atoms with Crippen molar-refractivity contribution in [3.63, 3.8) is 0 Å². The van der Waals surface area contributed by atoms with Crippen LogP contribution in [0, 0.1) is 0 Å². The number of rotatable bonds is 4. The number of anilines is 1. The van der Waals surface area contributed by atoms with Crippen LogP contribution in [0.3, 0.4) is 0 Å². The molecule has 7 nitrogen and oxygen atoms in total. The Morgan fingerprint density at radius 2 is 2.15 bits per heavy atom. The number of nitrogens with one attached hydrogen (secondary N) is 1. The zero-order chi connectivity index (χ0) is 18.4. The minimum absolute atomic E-state index is 0.142. The molecule has 2 aliphatic rings. The first-order chi connectivity index (χ1) is 13.2. The van der Waals surface area contributed by atoms with E-state index in [1.807, 2.05) is 29.1 Å². The fourth-order valence-electron chi connectivity index (χ4n) is 3.67. The molecule has 1 aliphatic heterocycles. The van der Waals surface area contributed by atoms with E-state index >= 15 is 0 Å². The topological polar surface area (TPSA) is 81.9 Å². The minimum atomic E-state index is -0.142. The number of pyridine rings is 2. The van der Waals surface area contributed by atoms with Crippen LogP contribution in [-0.4, -0.2) is 38.9 Å². The zero-order valence-electron chi connectivity index (χ0n) is 15.2. The predicted molar refractivity (Wildman–Crippen MR) is 101 cm³/mol. The van der Waals surface area contributed by atoms with E-state index in [0.717, 1.165) is 60.6 Å². The third kappa shape index (κ3) is 3.08. The molecule has 3 aromatic rings. The molecule has 4 heterocycles. The molecule has 1 aliphatic carbocycles. The third-order valence-corrected chi connectivity index (χ3v) is 5.18. The van der Waals surface area contributed by atoms with Gasteiger partial charge in [0.05, 0.1) is 17.8 Å². The SMILES string of the molecule is CC(=O)Nc1cc2c(cn1)c(C1CC1)nn2-c1cccc(C2CCOC2)n1. The average molecular weight is 363 g/mol. The number of nitrogens with zero attached hydrogens (tertiary/aromatic N) is 4. The molecule has 1 N–H and O–H groups in total. The van der Waals surface area contributed by atoms with E-state index in [1.54, 1.807) is 0 Å². The van der Waals surface area contributed by atoms with Crippen molar-refractivity contribution in [2.75, 3.05) is 18.5 Å². The van der Waals surface area contributed by atoms with E-state index in [1.165, 1.54) is 6.92 Å². The highest BCUT2D eigenvalue weighted by Crippen LogP contribution is 2.43. The second-order valence-corrected chi connectivity index (χ2v) is 7.32. The van der Waals surface area contributed by atoms with Crippen LogP contribution in [0.15, 0.2) is 30.5 Å². The summed E-state index contributed by atoms with van der Waals surface area (Å²) in [5.41, 5.74) is 3.03. The Hall–Kier alpha value is -2.80. The zero-order valence-corrected chi connectivity index (χ0v) is 15.2. The largest absolute Gasteiger partial charge is 0.381 e. The number of fused-ring (bicyclic) bond motifs is 1. The van der Waals surface area contributed by atoms with Crippen LogP contribution in [-0.2, 0) is 9.53 Å². The lowest BCUT2D eigenvalue weighted by molar-refractivity contribution is -0.114. The fourth-order valence-corrected chi connectivity index (χ4v) is 3.67. The van der Waals surface area contributed by atoms with Gasteiger partial charge in [-0.25, -0.2) is 14.6 Å². The summed E-state index contributed by atoms with van der Waals surface area (Å²) in [7, 11) is 0. The highest BCUT2D eigenvalue weighted by molar-refractivity contribution is 5.91. The summed E-state index contributed by atoms with van der Waals surface area (Å²) in [6, 6.07) is 7.93. The van der Waals surface area contributed by atoms with Gasteiger partial charge >= 0.3 is 0 Å². The molecular weight excluding hydrogens is 342 g/mol. The van der Waals surface area contributed by atoms with Crippen molar-refractivity contribution in [3.05, 3.63) is 41.9 Å². The van der Waals surface area contributed by atoms with Gasteiger partial charge in [0.15, 0.2) is 5.82 Å². The molecule has 7 heteroatoms. The van der Waals surface area contributed by atoms with Crippen molar-refractivity contribution < 1.29 is 9.53 Å². The van der Waals surface area contributed by atoms with E-state index < -0.39 is 0 Å². The summed E-state index contributed by atoms with van der Waals surface area (Å²) in [5, 5.41) is 8.67. The van der Waals surface area contributed by atoms with Gasteiger partial charge in [0, 0.05) is 48.7 Å². The Bertz CT molecular complexity index is 1020. The lowest BCUT2D eigenvalue weighted by Crippen LogP contribution is -2.08. The summed E-state index contributed by atoms with van der Waals surface area (Å²) >= 11 is 0. The fraction of sp³-hybridized carbons (Fsp3) is 0.400. The molecule has 1 unspecified atom stereocenters. The molecule has 3 aromatic heterocycles. The summed E-state index contributed by atoms with van der Waals surface area (Å²) in [4.78, 5) is 20.7. The average Bonchev–Trinajstić information content (AvgIpc) is 3.22. The maximum Gasteiger partial charge on any atom is 0.222 e. The van der Waals surface area contributed by atoms with Gasteiger partial charge in [0.25, 0.3) is 0 Å². The van der Waals surface area contributed by atoms with Gasteiger partial charge in [0.1, 0.15) is 5.82 Å². The number of carbonyl (C=O) groups excluding carboxylic acids is 1. The molecule has 1 saturated heterocycles.